The number of nitrogens with one attached hydrogen (secondary N) is 1. The molecule has 1 aromatic heterocycles. The molecule has 2 heterocycles. The van der Waals surface area contributed by atoms with Crippen LogP contribution in [-0.2, 0) is 6.54 Å². The molecule has 0 atom stereocenters. The van der Waals surface area contributed by atoms with Gasteiger partial charge in [0.25, 0.3) is 0 Å². The van der Waals surface area contributed by atoms with Crippen LogP contribution >= 0.6 is 0 Å². The van der Waals surface area contributed by atoms with Crippen molar-refractivity contribution in [3.8, 4) is 5.75 Å². The highest BCUT2D eigenvalue weighted by molar-refractivity contribution is 6.06. The lowest BCUT2D eigenvalue weighted by atomic mass is 9.91. The van der Waals surface area contributed by atoms with Crippen molar-refractivity contribution in [2.75, 3.05) is 35.8 Å². The van der Waals surface area contributed by atoms with Crippen molar-refractivity contribution in [2.45, 2.75) is 70.1 Å². The largest absolute Gasteiger partial charge is 0.491 e. The predicted octanol–water partition coefficient (Wildman–Crippen LogP) is 4.41. The zero-order chi connectivity index (χ0) is 23.8. The summed E-state index contributed by atoms with van der Waals surface area (Å²) in [5.74, 6) is 0.828. The highest BCUT2D eigenvalue weighted by Gasteiger charge is 2.42. The van der Waals surface area contributed by atoms with E-state index in [1.165, 1.54) is 4.90 Å². The van der Waals surface area contributed by atoms with E-state index >= 15 is 4.39 Å². The van der Waals surface area contributed by atoms with Gasteiger partial charge in [-0.05, 0) is 71.7 Å². The smallest absolute Gasteiger partial charge is 0.330 e. The maximum Gasteiger partial charge on any atom is 0.330 e. The summed E-state index contributed by atoms with van der Waals surface area (Å²) in [6.45, 7) is 2.38. The van der Waals surface area contributed by atoms with Gasteiger partial charge in [0.15, 0.2) is 11.6 Å². The predicted molar refractivity (Wildman–Crippen MR) is 130 cm³/mol. The monoisotopic (exact) mass is 468 g/mol. The van der Waals surface area contributed by atoms with Crippen molar-refractivity contribution < 1.29 is 13.9 Å². The van der Waals surface area contributed by atoms with Gasteiger partial charge in [-0.25, -0.2) is 14.2 Å². The zero-order valence-electron chi connectivity index (χ0n) is 20.1. The van der Waals surface area contributed by atoms with Gasteiger partial charge in [-0.3, -0.25) is 9.80 Å². The maximum absolute atomic E-state index is 15.2. The molecular weight excluding hydrogens is 435 g/mol. The maximum atomic E-state index is 15.2. The Hall–Kier alpha value is -2.94. The lowest BCUT2D eigenvalue weighted by molar-refractivity contribution is 0.221. The van der Waals surface area contributed by atoms with Crippen molar-refractivity contribution in [3.05, 3.63) is 35.8 Å². The molecule has 2 aromatic rings. The van der Waals surface area contributed by atoms with Crippen molar-refractivity contribution in [1.29, 1.82) is 0 Å². The minimum Gasteiger partial charge on any atom is -0.491 e. The molecule has 182 valence electrons. The SMILES string of the molecule is CCOc1cccc(N2Cc3cnc(NC4CCC(N(C)C)CC4)nc3N(C3CC3)C2=O)c1F. The molecule has 0 radical (unpaired) electrons. The molecule has 34 heavy (non-hydrogen) atoms. The number of carbonyl (C=O) groups is 1. The molecule has 1 aromatic carbocycles. The lowest BCUT2D eigenvalue weighted by Crippen LogP contribution is -2.49. The third-order valence-electron chi connectivity index (χ3n) is 7.04. The molecule has 3 aliphatic rings. The van der Waals surface area contributed by atoms with Crippen LogP contribution in [0.25, 0.3) is 0 Å². The fraction of sp³-hybridized carbons (Fsp3) is 0.560. The zero-order valence-corrected chi connectivity index (χ0v) is 20.1. The van der Waals surface area contributed by atoms with E-state index in [0.717, 1.165) is 44.1 Å². The number of carbonyl (C=O) groups excluding carboxylic acids is 1. The van der Waals surface area contributed by atoms with Crippen molar-refractivity contribution in [3.63, 3.8) is 0 Å². The molecule has 8 nitrogen and oxygen atoms in total. The van der Waals surface area contributed by atoms with Crippen LogP contribution in [0.1, 0.15) is 51.0 Å². The number of hydrogen-bond donors (Lipinski definition) is 1. The third kappa shape index (κ3) is 4.41. The summed E-state index contributed by atoms with van der Waals surface area (Å²) in [7, 11) is 4.27. The summed E-state index contributed by atoms with van der Waals surface area (Å²) in [5, 5.41) is 3.49. The Kier molecular flexibility index (Phi) is 6.29. The van der Waals surface area contributed by atoms with Gasteiger partial charge >= 0.3 is 6.03 Å². The average molecular weight is 469 g/mol. The first-order valence-electron chi connectivity index (χ1n) is 12.3. The Morgan fingerprint density at radius 3 is 2.62 bits per heavy atom. The van der Waals surface area contributed by atoms with E-state index < -0.39 is 5.82 Å². The molecular formula is C25H33FN6O2. The van der Waals surface area contributed by atoms with Gasteiger partial charge in [0.2, 0.25) is 5.95 Å². The van der Waals surface area contributed by atoms with Crippen molar-refractivity contribution >= 4 is 23.5 Å². The second-order valence-corrected chi connectivity index (χ2v) is 9.65. The van der Waals surface area contributed by atoms with Crippen molar-refractivity contribution in [1.82, 2.24) is 14.9 Å². The molecule has 9 heteroatoms. The number of ether oxygens (including phenoxy) is 1. The van der Waals surface area contributed by atoms with Crippen molar-refractivity contribution in [2.24, 2.45) is 0 Å². The fourth-order valence-corrected chi connectivity index (χ4v) is 4.99. The van der Waals surface area contributed by atoms with Gasteiger partial charge in [0.05, 0.1) is 18.8 Å². The normalized spacial score (nSPS) is 22.7. The number of fused-ring (bicyclic) bond motifs is 1. The minimum absolute atomic E-state index is 0.0884. The molecule has 2 fully saturated rings. The molecule has 1 aliphatic heterocycles. The Labute approximate surface area is 200 Å². The van der Waals surface area contributed by atoms with Crippen LogP contribution in [0.15, 0.2) is 24.4 Å². The van der Waals surface area contributed by atoms with E-state index in [9.17, 15) is 4.79 Å². The number of amides is 2. The number of halogens is 1. The van der Waals surface area contributed by atoms with Crippen LogP contribution in [0.4, 0.5) is 26.6 Å². The number of anilines is 3. The first kappa shape index (κ1) is 22.8. The van der Waals surface area contributed by atoms with Gasteiger partial charge in [-0.15, -0.1) is 0 Å². The van der Waals surface area contributed by atoms with Crippen LogP contribution in [0.3, 0.4) is 0 Å². The Balaban J connectivity index is 1.39. The fourth-order valence-electron chi connectivity index (χ4n) is 4.99. The van der Waals surface area contributed by atoms with E-state index in [4.69, 9.17) is 9.72 Å². The van der Waals surface area contributed by atoms with E-state index in [1.807, 2.05) is 0 Å². The number of nitrogens with zero attached hydrogens (tertiary/aromatic N) is 5. The van der Waals surface area contributed by atoms with E-state index in [1.54, 1.807) is 36.2 Å². The first-order valence-corrected chi connectivity index (χ1v) is 12.3. The van der Waals surface area contributed by atoms with Crippen LogP contribution < -0.4 is 19.9 Å². The number of benzene rings is 1. The molecule has 2 aliphatic carbocycles. The summed E-state index contributed by atoms with van der Waals surface area (Å²) >= 11 is 0. The molecule has 2 amide bonds. The Morgan fingerprint density at radius 2 is 1.94 bits per heavy atom. The molecule has 0 unspecified atom stereocenters. The first-order chi connectivity index (χ1) is 16.5. The summed E-state index contributed by atoms with van der Waals surface area (Å²) in [5.41, 5.74) is 1.03. The lowest BCUT2D eigenvalue weighted by Gasteiger charge is -2.37. The van der Waals surface area contributed by atoms with Crippen LogP contribution in [-0.4, -0.2) is 59.7 Å². The molecule has 5 rings (SSSR count). The molecule has 0 spiro atoms. The average Bonchev–Trinajstić information content (AvgIpc) is 3.66. The van der Waals surface area contributed by atoms with Crippen LogP contribution in [0.5, 0.6) is 5.75 Å². The summed E-state index contributed by atoms with van der Waals surface area (Å²) in [6.07, 6.45) is 8.03. The number of urea groups is 1. The molecule has 1 N–H and O–H groups in total. The summed E-state index contributed by atoms with van der Waals surface area (Å²) in [4.78, 5) is 28.4. The summed E-state index contributed by atoms with van der Waals surface area (Å²) < 4.78 is 20.6. The number of hydrogen-bond acceptors (Lipinski definition) is 6. The molecule has 0 saturated heterocycles. The van der Waals surface area contributed by atoms with Crippen LogP contribution in [0.2, 0.25) is 0 Å². The second kappa shape index (κ2) is 9.37. The topological polar surface area (TPSA) is 73.8 Å². The van der Waals surface area contributed by atoms with E-state index in [2.05, 4.69) is 29.3 Å². The standard InChI is InChI=1S/C25H33FN6O2/c1-4-34-21-7-5-6-20(22(21)26)31-15-16-14-27-24(28-17-8-10-18(11-9-17)30(2)3)29-23(16)32(25(31)33)19-12-13-19/h5-7,14,17-19H,4,8-13,15H2,1-3H3,(H,27,28,29). The van der Waals surface area contributed by atoms with Gasteiger partial charge < -0.3 is 15.0 Å². The van der Waals surface area contributed by atoms with Gasteiger partial charge in [0.1, 0.15) is 5.82 Å². The third-order valence-corrected chi connectivity index (χ3v) is 7.04. The Bertz CT molecular complexity index is 1050. The van der Waals surface area contributed by atoms with Crippen LogP contribution in [0, 0.1) is 5.82 Å². The second-order valence-electron chi connectivity index (χ2n) is 9.65. The molecule has 0 bridgehead atoms. The highest BCUT2D eigenvalue weighted by atomic mass is 19.1. The quantitative estimate of drug-likeness (QED) is 0.649. The van der Waals surface area contributed by atoms with Gasteiger partial charge in [0, 0.05) is 29.9 Å². The van der Waals surface area contributed by atoms with Gasteiger partial charge in [-0.1, -0.05) is 6.07 Å². The summed E-state index contributed by atoms with van der Waals surface area (Å²) in [6, 6.07) is 5.70. The Morgan fingerprint density at radius 1 is 1.18 bits per heavy atom. The number of aromatic nitrogens is 2. The highest BCUT2D eigenvalue weighted by Crippen LogP contribution is 2.40. The van der Waals surface area contributed by atoms with E-state index in [0.29, 0.717) is 30.5 Å². The molecule has 2 saturated carbocycles. The van der Waals surface area contributed by atoms with E-state index in [-0.39, 0.29) is 30.1 Å². The number of rotatable bonds is 7. The van der Waals surface area contributed by atoms with Gasteiger partial charge in [-0.2, -0.15) is 4.98 Å². The minimum atomic E-state index is -0.524.